The van der Waals surface area contributed by atoms with Gasteiger partial charge in [-0.2, -0.15) is 0 Å². The molecule has 3 N–H and O–H groups in total. The smallest absolute Gasteiger partial charge is 0.272 e. The van der Waals surface area contributed by atoms with Crippen molar-refractivity contribution in [2.45, 2.75) is 17.1 Å². The molecule has 0 saturated carbocycles. The fourth-order valence-corrected chi connectivity index (χ4v) is 5.92. The summed E-state index contributed by atoms with van der Waals surface area (Å²) in [5.41, 5.74) is 3.36. The molecule has 5 aromatic rings. The highest BCUT2D eigenvalue weighted by Crippen LogP contribution is 2.29. The molecule has 1 unspecified atom stereocenters. The van der Waals surface area contributed by atoms with Gasteiger partial charge in [-0.15, -0.1) is 23.1 Å². The lowest BCUT2D eigenvalue weighted by Crippen LogP contribution is -2.30. The summed E-state index contributed by atoms with van der Waals surface area (Å²) in [6, 6.07) is 30.3. The van der Waals surface area contributed by atoms with Crippen LogP contribution < -0.4 is 20.7 Å². The zero-order valence-electron chi connectivity index (χ0n) is 24.8. The lowest BCUT2D eigenvalue weighted by atomic mass is 10.1. The van der Waals surface area contributed by atoms with E-state index in [1.165, 1.54) is 23.1 Å². The molecule has 0 aliphatic rings. The van der Waals surface area contributed by atoms with Gasteiger partial charge < -0.3 is 20.7 Å². The van der Waals surface area contributed by atoms with Gasteiger partial charge in [0.05, 0.1) is 18.1 Å². The normalized spacial score (nSPS) is 11.8. The largest absolute Gasteiger partial charge is 0.497 e. The van der Waals surface area contributed by atoms with Gasteiger partial charge in [0.15, 0.2) is 5.13 Å². The molecule has 0 bridgehead atoms. The lowest BCUT2D eigenvalue weighted by molar-refractivity contribution is -0.115. The molecule has 5 rings (SSSR count). The van der Waals surface area contributed by atoms with Crippen LogP contribution in [0.2, 0.25) is 5.02 Å². The van der Waals surface area contributed by atoms with Crippen molar-refractivity contribution in [2.24, 2.45) is 0 Å². The number of ether oxygens (including phenoxy) is 1. The molecule has 0 radical (unpaired) electrons. The fourth-order valence-electron chi connectivity index (χ4n) is 4.20. The minimum atomic E-state index is -0.498. The van der Waals surface area contributed by atoms with Gasteiger partial charge in [-0.05, 0) is 79.2 Å². The number of halogens is 1. The molecule has 46 heavy (non-hydrogen) atoms. The molecule has 1 atom stereocenters. The summed E-state index contributed by atoms with van der Waals surface area (Å²) < 4.78 is 5.30. The second kappa shape index (κ2) is 15.4. The molecular formula is C35H29ClN4O4S2. The Hall–Kier alpha value is -4.90. The highest BCUT2D eigenvalue weighted by molar-refractivity contribution is 8.00. The third kappa shape index (κ3) is 8.85. The summed E-state index contributed by atoms with van der Waals surface area (Å²) in [7, 11) is 1.56. The number of anilines is 2. The second-order valence-electron chi connectivity index (χ2n) is 9.93. The first-order chi connectivity index (χ1) is 22.3. The zero-order valence-corrected chi connectivity index (χ0v) is 27.2. The maximum absolute atomic E-state index is 13.4. The summed E-state index contributed by atoms with van der Waals surface area (Å²) in [6.45, 7) is 1.81. The number of thioether (sulfide) groups is 1. The zero-order chi connectivity index (χ0) is 32.5. The molecule has 4 aromatic carbocycles. The van der Waals surface area contributed by atoms with E-state index >= 15 is 0 Å². The van der Waals surface area contributed by atoms with E-state index in [0.29, 0.717) is 32.7 Å². The molecule has 0 saturated heterocycles. The first-order valence-electron chi connectivity index (χ1n) is 14.1. The number of hydrogen-bond donors (Lipinski definition) is 3. The van der Waals surface area contributed by atoms with Crippen molar-refractivity contribution >= 4 is 69.3 Å². The molecule has 232 valence electrons. The first kappa shape index (κ1) is 32.5. The Morgan fingerprint density at radius 1 is 0.913 bits per heavy atom. The molecule has 3 amide bonds. The van der Waals surface area contributed by atoms with Crippen LogP contribution in [-0.2, 0) is 9.59 Å². The Morgan fingerprint density at radius 2 is 1.65 bits per heavy atom. The van der Waals surface area contributed by atoms with E-state index in [1.54, 1.807) is 86.0 Å². The Morgan fingerprint density at radius 3 is 2.37 bits per heavy atom. The van der Waals surface area contributed by atoms with E-state index in [2.05, 4.69) is 20.9 Å². The van der Waals surface area contributed by atoms with Crippen molar-refractivity contribution in [1.29, 1.82) is 0 Å². The van der Waals surface area contributed by atoms with Crippen LogP contribution in [0.25, 0.3) is 17.3 Å². The average molecular weight is 669 g/mol. The Kier molecular flexibility index (Phi) is 10.9. The molecule has 1 heterocycles. The fraction of sp³-hybridized carbons (Fsp3) is 0.0857. The number of benzene rings is 4. The third-order valence-electron chi connectivity index (χ3n) is 6.60. The highest BCUT2D eigenvalue weighted by Gasteiger charge is 2.18. The minimum Gasteiger partial charge on any atom is -0.497 e. The van der Waals surface area contributed by atoms with Crippen LogP contribution in [0.1, 0.15) is 22.8 Å². The summed E-state index contributed by atoms with van der Waals surface area (Å²) >= 11 is 8.70. The standard InChI is InChI=1S/C35H29ClN4O4S2/c1-22(32(41)40-35-39-31(21-45-35)24-11-13-26(36)14-12-24)46-29-17-15-27(16-18-29)37-34(43)30(20-23-7-6-10-28(19-23)44-2)38-33(42)25-8-4-3-5-9-25/h3-22H,1-2H3,(H,37,43)(H,38,42)(H,39,40,41)/b30-20-. The Labute approximate surface area is 279 Å². The van der Waals surface area contributed by atoms with Crippen molar-refractivity contribution in [3.8, 4) is 17.0 Å². The van der Waals surface area contributed by atoms with E-state index in [9.17, 15) is 14.4 Å². The number of amides is 3. The SMILES string of the molecule is COc1cccc(/C=C(\NC(=O)c2ccccc2)C(=O)Nc2ccc(SC(C)C(=O)Nc3nc(-c4ccc(Cl)cc4)cs3)cc2)c1. The Bertz CT molecular complexity index is 1860. The van der Waals surface area contributed by atoms with Gasteiger partial charge in [-0.1, -0.05) is 54.1 Å². The van der Waals surface area contributed by atoms with Crippen LogP contribution in [0, 0.1) is 0 Å². The van der Waals surface area contributed by atoms with Gasteiger partial charge in [-0.25, -0.2) is 4.98 Å². The monoisotopic (exact) mass is 668 g/mol. The summed E-state index contributed by atoms with van der Waals surface area (Å²) in [5.74, 6) is -0.473. The predicted octanol–water partition coefficient (Wildman–Crippen LogP) is 8.00. The van der Waals surface area contributed by atoms with E-state index < -0.39 is 17.1 Å². The molecule has 1 aromatic heterocycles. The van der Waals surface area contributed by atoms with Crippen molar-refractivity contribution in [3.05, 3.63) is 130 Å². The van der Waals surface area contributed by atoms with Crippen LogP contribution in [0.4, 0.5) is 10.8 Å². The first-order valence-corrected chi connectivity index (χ1v) is 16.2. The van der Waals surface area contributed by atoms with Gasteiger partial charge in [0.2, 0.25) is 5.91 Å². The predicted molar refractivity (Wildman–Crippen MR) is 186 cm³/mol. The number of rotatable bonds is 11. The maximum atomic E-state index is 13.4. The van der Waals surface area contributed by atoms with Crippen LogP contribution in [0.3, 0.4) is 0 Å². The number of carbonyl (C=O) groups excluding carboxylic acids is 3. The van der Waals surface area contributed by atoms with E-state index in [1.807, 2.05) is 42.6 Å². The van der Waals surface area contributed by atoms with Gasteiger partial charge in [0, 0.05) is 32.1 Å². The summed E-state index contributed by atoms with van der Waals surface area (Å²) in [4.78, 5) is 44.5. The van der Waals surface area contributed by atoms with Crippen LogP contribution >= 0.6 is 34.7 Å². The number of thiazole rings is 1. The number of nitrogens with one attached hydrogen (secondary N) is 3. The molecule has 0 aliphatic carbocycles. The van der Waals surface area contributed by atoms with Gasteiger partial charge in [0.1, 0.15) is 11.4 Å². The average Bonchev–Trinajstić information content (AvgIpc) is 3.54. The van der Waals surface area contributed by atoms with E-state index in [-0.39, 0.29) is 11.6 Å². The molecule has 0 spiro atoms. The lowest BCUT2D eigenvalue weighted by Gasteiger charge is -2.13. The number of hydrogen-bond acceptors (Lipinski definition) is 7. The molecular weight excluding hydrogens is 640 g/mol. The number of methoxy groups -OCH3 is 1. The molecule has 11 heteroatoms. The van der Waals surface area contributed by atoms with E-state index in [0.717, 1.165) is 16.2 Å². The van der Waals surface area contributed by atoms with Gasteiger partial charge in [-0.3, -0.25) is 14.4 Å². The highest BCUT2D eigenvalue weighted by atomic mass is 35.5. The molecule has 0 fully saturated rings. The van der Waals surface area contributed by atoms with Gasteiger partial charge in [0.25, 0.3) is 11.8 Å². The maximum Gasteiger partial charge on any atom is 0.272 e. The van der Waals surface area contributed by atoms with Gasteiger partial charge >= 0.3 is 0 Å². The van der Waals surface area contributed by atoms with E-state index in [4.69, 9.17) is 16.3 Å². The third-order valence-corrected chi connectivity index (χ3v) is 8.72. The summed E-state index contributed by atoms with van der Waals surface area (Å²) in [5, 5.41) is 11.1. The van der Waals surface area contributed by atoms with Crippen LogP contribution in [0.5, 0.6) is 5.75 Å². The van der Waals surface area contributed by atoms with Crippen molar-refractivity contribution in [3.63, 3.8) is 0 Å². The molecule has 0 aliphatic heterocycles. The Balaban J connectivity index is 1.22. The van der Waals surface area contributed by atoms with Crippen molar-refractivity contribution in [1.82, 2.24) is 10.3 Å². The quantitative estimate of drug-likeness (QED) is 0.0972. The number of aromatic nitrogens is 1. The van der Waals surface area contributed by atoms with Crippen LogP contribution in [-0.4, -0.2) is 35.1 Å². The van der Waals surface area contributed by atoms with Crippen LogP contribution in [0.15, 0.2) is 119 Å². The second-order valence-corrected chi connectivity index (χ2v) is 12.6. The van der Waals surface area contributed by atoms with Crippen molar-refractivity contribution in [2.75, 3.05) is 17.7 Å². The minimum absolute atomic E-state index is 0.0623. The molecule has 8 nitrogen and oxygen atoms in total. The van der Waals surface area contributed by atoms with Crippen molar-refractivity contribution < 1.29 is 19.1 Å². The topological polar surface area (TPSA) is 109 Å². The number of nitrogens with zero attached hydrogens (tertiary/aromatic N) is 1. The number of carbonyl (C=O) groups is 3. The summed E-state index contributed by atoms with van der Waals surface area (Å²) in [6.07, 6.45) is 1.59.